The van der Waals surface area contributed by atoms with E-state index >= 15 is 0 Å². The zero-order chi connectivity index (χ0) is 19.4. The SMILES string of the molecule is COC(=O)c1ccc(NC(=O)C(=O)NC[C@@]2(O)CCc3ccccc32)cc1. The van der Waals surface area contributed by atoms with Crippen LogP contribution in [0.15, 0.2) is 48.5 Å². The minimum Gasteiger partial charge on any atom is -0.465 e. The molecule has 27 heavy (non-hydrogen) atoms. The van der Waals surface area contributed by atoms with Gasteiger partial charge in [-0.05, 0) is 48.2 Å². The van der Waals surface area contributed by atoms with E-state index in [9.17, 15) is 19.5 Å². The van der Waals surface area contributed by atoms with Crippen molar-refractivity contribution in [1.82, 2.24) is 5.32 Å². The molecule has 2 aromatic rings. The van der Waals surface area contributed by atoms with Crippen molar-refractivity contribution in [2.45, 2.75) is 18.4 Å². The molecule has 1 aliphatic carbocycles. The fourth-order valence-corrected chi connectivity index (χ4v) is 3.15. The summed E-state index contributed by atoms with van der Waals surface area (Å²) in [6.45, 7) is -0.0441. The maximum absolute atomic E-state index is 12.1. The minimum absolute atomic E-state index is 0.0441. The number of aryl methyl sites for hydroxylation is 1. The van der Waals surface area contributed by atoms with Crippen LogP contribution in [0.2, 0.25) is 0 Å². The number of hydrogen-bond acceptors (Lipinski definition) is 5. The van der Waals surface area contributed by atoms with Crippen molar-refractivity contribution in [3.05, 3.63) is 65.2 Å². The van der Waals surface area contributed by atoms with Crippen LogP contribution in [0.1, 0.15) is 27.9 Å². The van der Waals surface area contributed by atoms with E-state index in [2.05, 4.69) is 15.4 Å². The maximum atomic E-state index is 12.1. The second-order valence-corrected chi connectivity index (χ2v) is 6.39. The maximum Gasteiger partial charge on any atom is 0.337 e. The van der Waals surface area contributed by atoms with Gasteiger partial charge in [-0.1, -0.05) is 24.3 Å². The molecule has 2 amide bonds. The number of fused-ring (bicyclic) bond motifs is 1. The lowest BCUT2D eigenvalue weighted by Crippen LogP contribution is -2.43. The topological polar surface area (TPSA) is 105 Å². The van der Waals surface area contributed by atoms with Crippen molar-refractivity contribution in [2.75, 3.05) is 19.0 Å². The summed E-state index contributed by atoms with van der Waals surface area (Å²) >= 11 is 0. The lowest BCUT2D eigenvalue weighted by atomic mass is 9.96. The smallest absolute Gasteiger partial charge is 0.337 e. The summed E-state index contributed by atoms with van der Waals surface area (Å²) < 4.78 is 4.60. The lowest BCUT2D eigenvalue weighted by Gasteiger charge is -2.24. The van der Waals surface area contributed by atoms with Crippen molar-refractivity contribution in [2.24, 2.45) is 0 Å². The Kier molecular flexibility index (Phi) is 5.23. The molecule has 0 heterocycles. The van der Waals surface area contributed by atoms with Crippen LogP contribution < -0.4 is 10.6 Å². The highest BCUT2D eigenvalue weighted by Gasteiger charge is 2.37. The van der Waals surface area contributed by atoms with Gasteiger partial charge in [0.2, 0.25) is 0 Å². The number of benzene rings is 2. The van der Waals surface area contributed by atoms with Crippen LogP contribution in [0.4, 0.5) is 5.69 Å². The standard InChI is InChI=1S/C20H20N2O5/c1-27-19(25)14-6-8-15(9-7-14)22-18(24)17(23)21-12-20(26)11-10-13-4-2-3-5-16(13)20/h2-9,26H,10-12H2,1H3,(H,21,23)(H,22,24)/t20-/m0/s1. The Morgan fingerprint density at radius 1 is 1.07 bits per heavy atom. The highest BCUT2D eigenvalue weighted by molar-refractivity contribution is 6.39. The second kappa shape index (κ2) is 7.59. The van der Waals surface area contributed by atoms with Crippen LogP contribution in [-0.2, 0) is 26.3 Å². The van der Waals surface area contributed by atoms with Crippen molar-refractivity contribution < 1.29 is 24.2 Å². The molecule has 0 unspecified atom stereocenters. The average Bonchev–Trinajstić information content (AvgIpc) is 3.03. The van der Waals surface area contributed by atoms with Crippen LogP contribution in [0.3, 0.4) is 0 Å². The van der Waals surface area contributed by atoms with Gasteiger partial charge in [-0.15, -0.1) is 0 Å². The molecule has 7 nitrogen and oxygen atoms in total. The van der Waals surface area contributed by atoms with E-state index in [-0.39, 0.29) is 6.54 Å². The predicted octanol–water partition coefficient (Wildman–Crippen LogP) is 1.36. The molecule has 3 rings (SSSR count). The number of carbonyl (C=O) groups excluding carboxylic acids is 3. The van der Waals surface area contributed by atoms with Gasteiger partial charge >= 0.3 is 17.8 Å². The minimum atomic E-state index is -1.17. The highest BCUT2D eigenvalue weighted by atomic mass is 16.5. The third-order valence-corrected chi connectivity index (χ3v) is 4.64. The third kappa shape index (κ3) is 3.98. The van der Waals surface area contributed by atoms with Crippen LogP contribution >= 0.6 is 0 Å². The van der Waals surface area contributed by atoms with Gasteiger partial charge in [0.15, 0.2) is 0 Å². The molecule has 1 aliphatic rings. The Balaban J connectivity index is 1.57. The quantitative estimate of drug-likeness (QED) is 0.558. The molecule has 0 aromatic heterocycles. The van der Waals surface area contributed by atoms with Gasteiger partial charge < -0.3 is 20.5 Å². The summed E-state index contributed by atoms with van der Waals surface area (Å²) in [5.74, 6) is -2.18. The van der Waals surface area contributed by atoms with Gasteiger partial charge in [-0.25, -0.2) is 4.79 Å². The van der Waals surface area contributed by atoms with Crippen LogP contribution in [0.5, 0.6) is 0 Å². The molecule has 7 heteroatoms. The second-order valence-electron chi connectivity index (χ2n) is 6.39. The fourth-order valence-electron chi connectivity index (χ4n) is 3.15. The Hall–Kier alpha value is -3.19. The molecule has 0 bridgehead atoms. The first-order chi connectivity index (χ1) is 12.9. The van der Waals surface area contributed by atoms with Crippen molar-refractivity contribution in [3.63, 3.8) is 0 Å². The first-order valence-corrected chi connectivity index (χ1v) is 8.51. The van der Waals surface area contributed by atoms with E-state index in [0.717, 1.165) is 17.5 Å². The average molecular weight is 368 g/mol. The monoisotopic (exact) mass is 368 g/mol. The van der Waals surface area contributed by atoms with Crippen molar-refractivity contribution >= 4 is 23.5 Å². The summed E-state index contributed by atoms with van der Waals surface area (Å²) in [6.07, 6.45) is 1.21. The molecule has 140 valence electrons. The van der Waals surface area contributed by atoms with Crippen LogP contribution in [0, 0.1) is 0 Å². The number of amides is 2. The van der Waals surface area contributed by atoms with Gasteiger partial charge in [-0.2, -0.15) is 0 Å². The molecule has 0 spiro atoms. The number of carbonyl (C=O) groups is 3. The Bertz CT molecular complexity index is 878. The Morgan fingerprint density at radius 3 is 2.48 bits per heavy atom. The van der Waals surface area contributed by atoms with Gasteiger partial charge in [0.25, 0.3) is 0 Å². The number of esters is 1. The van der Waals surface area contributed by atoms with E-state index in [1.54, 1.807) is 0 Å². The van der Waals surface area contributed by atoms with E-state index in [0.29, 0.717) is 17.7 Å². The number of ether oxygens (including phenoxy) is 1. The summed E-state index contributed by atoms with van der Waals surface area (Å²) in [4.78, 5) is 35.5. The molecule has 0 radical (unpaired) electrons. The molecular formula is C20H20N2O5. The first kappa shape index (κ1) is 18.6. The molecule has 0 aliphatic heterocycles. The number of anilines is 1. The Labute approximate surface area is 156 Å². The normalized spacial score (nSPS) is 17.7. The van der Waals surface area contributed by atoms with Crippen LogP contribution in [-0.4, -0.2) is 36.5 Å². The van der Waals surface area contributed by atoms with Crippen molar-refractivity contribution in [1.29, 1.82) is 0 Å². The molecule has 3 N–H and O–H groups in total. The molecule has 1 atom stereocenters. The fraction of sp³-hybridized carbons (Fsp3) is 0.250. The van der Waals surface area contributed by atoms with Gasteiger partial charge in [0.1, 0.15) is 5.60 Å². The third-order valence-electron chi connectivity index (χ3n) is 4.64. The number of nitrogens with one attached hydrogen (secondary N) is 2. The van der Waals surface area contributed by atoms with E-state index in [1.165, 1.54) is 31.4 Å². The zero-order valence-electron chi connectivity index (χ0n) is 14.8. The summed E-state index contributed by atoms with van der Waals surface area (Å²) in [5.41, 5.74) is 1.36. The first-order valence-electron chi connectivity index (χ1n) is 8.51. The lowest BCUT2D eigenvalue weighted by molar-refractivity contribution is -0.136. The summed E-state index contributed by atoms with van der Waals surface area (Å²) in [7, 11) is 1.28. The number of hydrogen-bond donors (Lipinski definition) is 3. The highest BCUT2D eigenvalue weighted by Crippen LogP contribution is 2.36. The number of aliphatic hydroxyl groups is 1. The summed E-state index contributed by atoms with van der Waals surface area (Å²) in [6, 6.07) is 13.5. The van der Waals surface area contributed by atoms with Crippen LogP contribution in [0.25, 0.3) is 0 Å². The molecular weight excluding hydrogens is 348 g/mol. The molecule has 0 saturated heterocycles. The number of rotatable bonds is 4. The molecule has 0 fully saturated rings. The van der Waals surface area contributed by atoms with E-state index < -0.39 is 23.4 Å². The Morgan fingerprint density at radius 2 is 1.78 bits per heavy atom. The van der Waals surface area contributed by atoms with Gasteiger partial charge in [-0.3, -0.25) is 9.59 Å². The van der Waals surface area contributed by atoms with Crippen molar-refractivity contribution in [3.8, 4) is 0 Å². The largest absolute Gasteiger partial charge is 0.465 e. The van der Waals surface area contributed by atoms with Gasteiger partial charge in [0.05, 0.1) is 19.2 Å². The molecule has 0 saturated carbocycles. The zero-order valence-corrected chi connectivity index (χ0v) is 14.8. The van der Waals surface area contributed by atoms with E-state index in [4.69, 9.17) is 0 Å². The van der Waals surface area contributed by atoms with E-state index in [1.807, 2.05) is 24.3 Å². The summed E-state index contributed by atoms with van der Waals surface area (Å²) in [5, 5.41) is 15.7. The molecule has 2 aromatic carbocycles. The predicted molar refractivity (Wildman–Crippen MR) is 98.1 cm³/mol. The number of methoxy groups -OCH3 is 1. The van der Waals surface area contributed by atoms with Gasteiger partial charge in [0, 0.05) is 5.69 Å².